The summed E-state index contributed by atoms with van der Waals surface area (Å²) in [6.07, 6.45) is 4.14. The van der Waals surface area contributed by atoms with E-state index in [0.717, 1.165) is 6.42 Å². The molecule has 2 aromatic rings. The van der Waals surface area contributed by atoms with E-state index in [2.05, 4.69) is 39.2 Å². The van der Waals surface area contributed by atoms with Gasteiger partial charge in [-0.25, -0.2) is 4.68 Å². The lowest BCUT2D eigenvalue weighted by Gasteiger charge is -2.18. The van der Waals surface area contributed by atoms with E-state index in [4.69, 9.17) is 11.6 Å². The Kier molecular flexibility index (Phi) is 4.86. The van der Waals surface area contributed by atoms with Crippen LogP contribution in [0.5, 0.6) is 0 Å². The molecule has 0 aliphatic rings. The fourth-order valence-corrected chi connectivity index (χ4v) is 1.98. The van der Waals surface area contributed by atoms with Crippen molar-refractivity contribution in [3.63, 3.8) is 0 Å². The number of hydrogen-bond acceptors (Lipinski definition) is 6. The number of nitrogens with zero attached hydrogens (tertiary/aromatic N) is 5. The number of aromatic nitrogens is 5. The highest BCUT2D eigenvalue weighted by Crippen LogP contribution is 2.13. The van der Waals surface area contributed by atoms with Crippen LogP contribution >= 0.6 is 11.6 Å². The summed E-state index contributed by atoms with van der Waals surface area (Å²) in [5.74, 6) is 1.11. The van der Waals surface area contributed by atoms with Gasteiger partial charge in [-0.05, 0) is 30.0 Å². The summed E-state index contributed by atoms with van der Waals surface area (Å²) in [7, 11) is 0. The van der Waals surface area contributed by atoms with Gasteiger partial charge in [0.2, 0.25) is 11.2 Å². The number of aliphatic hydroxyl groups is 1. The Morgan fingerprint density at radius 1 is 1.35 bits per heavy atom. The van der Waals surface area contributed by atoms with Gasteiger partial charge in [0.05, 0.1) is 12.6 Å². The van der Waals surface area contributed by atoms with Crippen molar-refractivity contribution in [1.29, 1.82) is 0 Å². The molecule has 0 saturated heterocycles. The van der Waals surface area contributed by atoms with Crippen molar-refractivity contribution < 1.29 is 5.11 Å². The van der Waals surface area contributed by atoms with E-state index in [0.29, 0.717) is 17.8 Å². The smallest absolute Gasteiger partial charge is 0.256 e. The molecular formula is C12H17ClN6O. The van der Waals surface area contributed by atoms with Crippen LogP contribution in [0, 0.1) is 5.92 Å². The van der Waals surface area contributed by atoms with Gasteiger partial charge in [-0.2, -0.15) is 20.1 Å². The van der Waals surface area contributed by atoms with Crippen molar-refractivity contribution in [2.45, 2.75) is 26.3 Å². The molecule has 0 aliphatic heterocycles. The zero-order valence-electron chi connectivity index (χ0n) is 11.4. The van der Waals surface area contributed by atoms with E-state index in [1.165, 1.54) is 4.68 Å². The van der Waals surface area contributed by atoms with Gasteiger partial charge in [0.15, 0.2) is 0 Å². The lowest BCUT2D eigenvalue weighted by Crippen LogP contribution is -2.27. The van der Waals surface area contributed by atoms with Crippen LogP contribution in [0.3, 0.4) is 0 Å². The summed E-state index contributed by atoms with van der Waals surface area (Å²) in [4.78, 5) is 12.3. The summed E-state index contributed by atoms with van der Waals surface area (Å²) in [5, 5.41) is 16.6. The molecule has 8 heteroatoms. The van der Waals surface area contributed by atoms with E-state index in [9.17, 15) is 5.11 Å². The Balaban J connectivity index is 2.19. The minimum Gasteiger partial charge on any atom is -0.394 e. The fraction of sp³-hybridized carbons (Fsp3) is 0.500. The summed E-state index contributed by atoms with van der Waals surface area (Å²) in [5.41, 5.74) is 0. The highest BCUT2D eigenvalue weighted by molar-refractivity contribution is 6.28. The molecule has 0 aliphatic carbocycles. The number of anilines is 1. The maximum absolute atomic E-state index is 9.37. The van der Waals surface area contributed by atoms with Gasteiger partial charge >= 0.3 is 0 Å². The monoisotopic (exact) mass is 296 g/mol. The van der Waals surface area contributed by atoms with Crippen molar-refractivity contribution >= 4 is 17.5 Å². The number of halogens is 1. The SMILES string of the molecule is CC(C)CC(CO)Nc1nc(Cl)nc(-n2cccn2)n1. The van der Waals surface area contributed by atoms with Crippen molar-refractivity contribution in [2.75, 3.05) is 11.9 Å². The van der Waals surface area contributed by atoms with Gasteiger partial charge in [-0.15, -0.1) is 0 Å². The van der Waals surface area contributed by atoms with Crippen molar-refractivity contribution in [2.24, 2.45) is 5.92 Å². The second-order valence-corrected chi connectivity index (χ2v) is 5.17. The Morgan fingerprint density at radius 3 is 2.75 bits per heavy atom. The van der Waals surface area contributed by atoms with Gasteiger partial charge in [0.25, 0.3) is 5.95 Å². The molecule has 2 N–H and O–H groups in total. The molecule has 0 radical (unpaired) electrons. The fourth-order valence-electron chi connectivity index (χ4n) is 1.82. The zero-order valence-corrected chi connectivity index (χ0v) is 12.1. The first-order valence-electron chi connectivity index (χ1n) is 6.37. The molecule has 2 heterocycles. The summed E-state index contributed by atoms with van der Waals surface area (Å²) >= 11 is 5.89. The maximum Gasteiger partial charge on any atom is 0.256 e. The van der Waals surface area contributed by atoms with Crippen LogP contribution in [0.2, 0.25) is 5.28 Å². The Morgan fingerprint density at radius 2 is 2.15 bits per heavy atom. The third-order valence-corrected chi connectivity index (χ3v) is 2.78. The van der Waals surface area contributed by atoms with Crippen LogP contribution < -0.4 is 5.32 Å². The Labute approximate surface area is 122 Å². The quantitative estimate of drug-likeness (QED) is 0.840. The minimum absolute atomic E-state index is 0.00140. The first-order chi connectivity index (χ1) is 9.58. The third-order valence-electron chi connectivity index (χ3n) is 2.62. The lowest BCUT2D eigenvalue weighted by atomic mass is 10.0. The molecule has 0 bridgehead atoms. The molecule has 0 fully saturated rings. The summed E-state index contributed by atoms with van der Waals surface area (Å²) in [6.45, 7) is 4.17. The molecular weight excluding hydrogens is 280 g/mol. The van der Waals surface area contributed by atoms with Crippen LogP contribution in [0.4, 0.5) is 5.95 Å². The van der Waals surface area contributed by atoms with Crippen molar-refractivity contribution in [3.8, 4) is 5.95 Å². The van der Waals surface area contributed by atoms with Crippen LogP contribution in [0.15, 0.2) is 18.5 Å². The van der Waals surface area contributed by atoms with Gasteiger partial charge < -0.3 is 10.4 Å². The van der Waals surface area contributed by atoms with E-state index in [-0.39, 0.29) is 17.9 Å². The molecule has 2 rings (SSSR count). The first-order valence-corrected chi connectivity index (χ1v) is 6.75. The molecule has 0 amide bonds. The molecule has 1 unspecified atom stereocenters. The summed E-state index contributed by atoms with van der Waals surface area (Å²) < 4.78 is 1.50. The first kappa shape index (κ1) is 14.7. The third kappa shape index (κ3) is 3.88. The van der Waals surface area contributed by atoms with Crippen LogP contribution in [-0.2, 0) is 0 Å². The van der Waals surface area contributed by atoms with Crippen molar-refractivity contribution in [1.82, 2.24) is 24.7 Å². The standard InChI is InChI=1S/C12H17ClN6O/c1-8(2)6-9(7-20)15-11-16-10(13)17-12(18-11)19-5-3-4-14-19/h3-5,8-9,20H,6-7H2,1-2H3,(H,15,16,17,18). The number of nitrogens with one attached hydrogen (secondary N) is 1. The average molecular weight is 297 g/mol. The Bertz CT molecular complexity index is 545. The van der Waals surface area contributed by atoms with Gasteiger partial charge in [0.1, 0.15) is 0 Å². The lowest BCUT2D eigenvalue weighted by molar-refractivity contribution is 0.259. The molecule has 108 valence electrons. The molecule has 20 heavy (non-hydrogen) atoms. The molecule has 1 atom stereocenters. The second kappa shape index (κ2) is 6.62. The van der Waals surface area contributed by atoms with E-state index >= 15 is 0 Å². The van der Waals surface area contributed by atoms with Crippen LogP contribution in [-0.4, -0.2) is 42.5 Å². The molecule has 2 aromatic heterocycles. The van der Waals surface area contributed by atoms with E-state index < -0.39 is 0 Å². The average Bonchev–Trinajstić information content (AvgIpc) is 2.90. The van der Waals surface area contributed by atoms with Gasteiger partial charge in [-0.1, -0.05) is 13.8 Å². The number of hydrogen-bond donors (Lipinski definition) is 2. The van der Waals surface area contributed by atoms with Crippen LogP contribution in [0.1, 0.15) is 20.3 Å². The van der Waals surface area contributed by atoms with Gasteiger partial charge in [-0.3, -0.25) is 0 Å². The molecule has 0 aromatic carbocycles. The highest BCUT2D eigenvalue weighted by atomic mass is 35.5. The Hall–Kier alpha value is -1.73. The van der Waals surface area contributed by atoms with Crippen molar-refractivity contribution in [3.05, 3.63) is 23.7 Å². The predicted molar refractivity (Wildman–Crippen MR) is 75.9 cm³/mol. The second-order valence-electron chi connectivity index (χ2n) is 4.83. The number of rotatable bonds is 6. The van der Waals surface area contributed by atoms with Gasteiger partial charge in [0, 0.05) is 12.4 Å². The minimum atomic E-state index is -0.126. The number of aliphatic hydroxyl groups excluding tert-OH is 1. The van der Waals surface area contributed by atoms with Crippen LogP contribution in [0.25, 0.3) is 5.95 Å². The molecule has 0 spiro atoms. The molecule has 7 nitrogen and oxygen atoms in total. The van der Waals surface area contributed by atoms with E-state index in [1.807, 2.05) is 0 Å². The zero-order chi connectivity index (χ0) is 14.5. The largest absolute Gasteiger partial charge is 0.394 e. The predicted octanol–water partition coefficient (Wildman–Crippen LogP) is 1.53. The summed E-state index contributed by atoms with van der Waals surface area (Å²) in [6, 6.07) is 1.64. The highest BCUT2D eigenvalue weighted by Gasteiger charge is 2.13. The molecule has 0 saturated carbocycles. The normalized spacial score (nSPS) is 12.7. The maximum atomic E-state index is 9.37. The topological polar surface area (TPSA) is 88.8 Å². The van der Waals surface area contributed by atoms with E-state index in [1.54, 1.807) is 18.5 Å².